The van der Waals surface area contributed by atoms with Crippen LogP contribution in [0.15, 0.2) is 43.1 Å². The van der Waals surface area contributed by atoms with Gasteiger partial charge in [0.05, 0.1) is 18.2 Å². The molecule has 0 radical (unpaired) electrons. The van der Waals surface area contributed by atoms with Gasteiger partial charge in [-0.15, -0.1) is 6.58 Å². The van der Waals surface area contributed by atoms with Crippen molar-refractivity contribution in [1.82, 2.24) is 9.88 Å². The van der Waals surface area contributed by atoms with Crippen LogP contribution in [0.5, 0.6) is 5.75 Å². The minimum atomic E-state index is 0.0724. The Labute approximate surface area is 130 Å². The number of amides is 1. The number of carbonyl (C=O) groups excluding carboxylic acids is 1. The Kier molecular flexibility index (Phi) is 4.09. The lowest BCUT2D eigenvalue weighted by Crippen LogP contribution is -2.38. The first-order valence-electron chi connectivity index (χ1n) is 7.57. The summed E-state index contributed by atoms with van der Waals surface area (Å²) in [5, 5.41) is 0.845. The third-order valence-corrected chi connectivity index (χ3v) is 4.34. The van der Waals surface area contributed by atoms with Gasteiger partial charge in [-0.25, -0.2) is 0 Å². The molecule has 114 valence electrons. The van der Waals surface area contributed by atoms with Crippen LogP contribution in [0.2, 0.25) is 0 Å². The van der Waals surface area contributed by atoms with Gasteiger partial charge in [0.15, 0.2) is 0 Å². The van der Waals surface area contributed by atoms with Gasteiger partial charge in [0.1, 0.15) is 5.75 Å². The Morgan fingerprint density at radius 2 is 2.14 bits per heavy atom. The Morgan fingerprint density at radius 3 is 2.82 bits per heavy atom. The summed E-state index contributed by atoms with van der Waals surface area (Å²) in [6.45, 7) is 5.41. The lowest BCUT2D eigenvalue weighted by molar-refractivity contribution is 0.0707. The second kappa shape index (κ2) is 6.18. The molecule has 3 rings (SSSR count). The molecule has 1 aromatic carbocycles. The number of fused-ring (bicyclic) bond motifs is 1. The second-order valence-corrected chi connectivity index (χ2v) is 5.61. The molecule has 1 aliphatic rings. The number of likely N-dealkylation sites (tertiary alicyclic amines) is 1. The van der Waals surface area contributed by atoms with Gasteiger partial charge in [0, 0.05) is 24.7 Å². The molecule has 1 aliphatic heterocycles. The monoisotopic (exact) mass is 296 g/mol. The van der Waals surface area contributed by atoms with Crippen molar-refractivity contribution >= 4 is 16.8 Å². The highest BCUT2D eigenvalue weighted by molar-refractivity contribution is 6.06. The quantitative estimate of drug-likeness (QED) is 0.816. The highest BCUT2D eigenvalue weighted by atomic mass is 16.5. The van der Waals surface area contributed by atoms with E-state index >= 15 is 0 Å². The van der Waals surface area contributed by atoms with Gasteiger partial charge in [-0.2, -0.15) is 0 Å². The maximum absolute atomic E-state index is 12.8. The van der Waals surface area contributed by atoms with Crippen molar-refractivity contribution < 1.29 is 9.53 Å². The Hall–Kier alpha value is -2.36. The van der Waals surface area contributed by atoms with E-state index in [1.165, 1.54) is 0 Å². The predicted octanol–water partition coefficient (Wildman–Crippen LogP) is 3.28. The van der Waals surface area contributed by atoms with Crippen LogP contribution in [0.1, 0.15) is 23.2 Å². The summed E-state index contributed by atoms with van der Waals surface area (Å²) >= 11 is 0. The summed E-state index contributed by atoms with van der Waals surface area (Å²) in [4.78, 5) is 19.1. The van der Waals surface area contributed by atoms with Crippen molar-refractivity contribution in [1.29, 1.82) is 0 Å². The zero-order chi connectivity index (χ0) is 15.5. The van der Waals surface area contributed by atoms with E-state index in [1.807, 2.05) is 29.2 Å². The molecule has 1 amide bonds. The molecule has 0 bridgehead atoms. The Bertz CT molecular complexity index is 703. The number of hydrogen-bond acceptors (Lipinski definition) is 3. The van der Waals surface area contributed by atoms with Gasteiger partial charge in [-0.05, 0) is 43.0 Å². The summed E-state index contributed by atoms with van der Waals surface area (Å²) < 4.78 is 5.27. The van der Waals surface area contributed by atoms with Gasteiger partial charge in [0.2, 0.25) is 0 Å². The van der Waals surface area contributed by atoms with Crippen LogP contribution in [-0.4, -0.2) is 36.0 Å². The molecule has 0 spiro atoms. The number of carbonyl (C=O) groups is 1. The third-order valence-electron chi connectivity index (χ3n) is 4.34. The molecule has 0 saturated carbocycles. The highest BCUT2D eigenvalue weighted by Gasteiger charge is 2.23. The van der Waals surface area contributed by atoms with E-state index in [0.717, 1.165) is 42.6 Å². The van der Waals surface area contributed by atoms with Crippen molar-refractivity contribution in [2.45, 2.75) is 12.8 Å². The van der Waals surface area contributed by atoms with Crippen LogP contribution in [0.4, 0.5) is 0 Å². The average Bonchev–Trinajstić information content (AvgIpc) is 2.60. The number of benzene rings is 1. The molecule has 0 aliphatic carbocycles. The van der Waals surface area contributed by atoms with Crippen LogP contribution in [0.3, 0.4) is 0 Å². The first-order valence-corrected chi connectivity index (χ1v) is 7.57. The van der Waals surface area contributed by atoms with Gasteiger partial charge in [-0.3, -0.25) is 9.78 Å². The highest BCUT2D eigenvalue weighted by Crippen LogP contribution is 2.25. The van der Waals surface area contributed by atoms with Gasteiger partial charge in [-0.1, -0.05) is 6.08 Å². The smallest absolute Gasteiger partial charge is 0.254 e. The molecular weight excluding hydrogens is 276 g/mol. The van der Waals surface area contributed by atoms with E-state index < -0.39 is 0 Å². The van der Waals surface area contributed by atoms with E-state index in [-0.39, 0.29) is 5.91 Å². The Balaban J connectivity index is 1.92. The van der Waals surface area contributed by atoms with E-state index in [0.29, 0.717) is 11.5 Å². The van der Waals surface area contributed by atoms with E-state index in [1.54, 1.807) is 19.4 Å². The third kappa shape index (κ3) is 2.69. The molecule has 1 fully saturated rings. The first kappa shape index (κ1) is 14.6. The Morgan fingerprint density at radius 1 is 1.36 bits per heavy atom. The molecule has 1 aromatic heterocycles. The van der Waals surface area contributed by atoms with Crippen LogP contribution < -0.4 is 4.74 Å². The number of rotatable bonds is 3. The molecule has 0 atom stereocenters. The molecule has 0 unspecified atom stereocenters. The lowest BCUT2D eigenvalue weighted by atomic mass is 9.96. The number of allylic oxidation sites excluding steroid dienone is 1. The maximum atomic E-state index is 12.8. The fourth-order valence-corrected chi connectivity index (χ4v) is 2.95. The van der Waals surface area contributed by atoms with E-state index in [4.69, 9.17) is 4.74 Å². The van der Waals surface area contributed by atoms with Crippen molar-refractivity contribution in [2.75, 3.05) is 20.2 Å². The number of piperidine rings is 1. The topological polar surface area (TPSA) is 42.4 Å². The van der Waals surface area contributed by atoms with Gasteiger partial charge < -0.3 is 9.64 Å². The normalized spacial score (nSPS) is 15.8. The molecule has 0 N–H and O–H groups in total. The number of nitrogens with zero attached hydrogens (tertiary/aromatic N) is 2. The van der Waals surface area contributed by atoms with Crippen molar-refractivity contribution in [3.8, 4) is 5.75 Å². The summed E-state index contributed by atoms with van der Waals surface area (Å²) in [6.07, 6.45) is 5.66. The van der Waals surface area contributed by atoms with Crippen LogP contribution >= 0.6 is 0 Å². The standard InChI is InChI=1S/C18H20N2O2/c1-3-13-7-10-20(11-8-13)18(21)15-6-9-19-17-5-4-14(22-2)12-16(15)17/h3-6,9,12-13H,1,7-8,10-11H2,2H3. The summed E-state index contributed by atoms with van der Waals surface area (Å²) in [5.74, 6) is 1.33. The first-order chi connectivity index (χ1) is 10.7. The molecular formula is C18H20N2O2. The van der Waals surface area contributed by atoms with E-state index in [2.05, 4.69) is 11.6 Å². The summed E-state index contributed by atoms with van der Waals surface area (Å²) in [5.41, 5.74) is 1.51. The zero-order valence-electron chi connectivity index (χ0n) is 12.8. The minimum Gasteiger partial charge on any atom is -0.497 e. The van der Waals surface area contributed by atoms with Gasteiger partial charge in [0.25, 0.3) is 5.91 Å². The van der Waals surface area contributed by atoms with Crippen molar-refractivity contribution in [3.63, 3.8) is 0 Å². The maximum Gasteiger partial charge on any atom is 0.254 e. The van der Waals surface area contributed by atoms with Crippen molar-refractivity contribution in [2.24, 2.45) is 5.92 Å². The fraction of sp³-hybridized carbons (Fsp3) is 0.333. The predicted molar refractivity (Wildman–Crippen MR) is 87.1 cm³/mol. The summed E-state index contributed by atoms with van der Waals surface area (Å²) in [6, 6.07) is 7.42. The van der Waals surface area contributed by atoms with Crippen molar-refractivity contribution in [3.05, 3.63) is 48.7 Å². The minimum absolute atomic E-state index is 0.0724. The van der Waals surface area contributed by atoms with E-state index in [9.17, 15) is 4.79 Å². The number of aromatic nitrogens is 1. The second-order valence-electron chi connectivity index (χ2n) is 5.61. The number of hydrogen-bond donors (Lipinski definition) is 0. The SMILES string of the molecule is C=CC1CCN(C(=O)c2ccnc3ccc(OC)cc23)CC1. The molecule has 1 saturated heterocycles. The summed E-state index contributed by atoms with van der Waals surface area (Å²) in [7, 11) is 1.62. The largest absolute Gasteiger partial charge is 0.497 e. The fourth-order valence-electron chi connectivity index (χ4n) is 2.95. The van der Waals surface area contributed by atoms with Gasteiger partial charge >= 0.3 is 0 Å². The number of ether oxygens (including phenoxy) is 1. The molecule has 22 heavy (non-hydrogen) atoms. The molecule has 4 nitrogen and oxygen atoms in total. The molecule has 4 heteroatoms. The van der Waals surface area contributed by atoms with Crippen LogP contribution in [0.25, 0.3) is 10.9 Å². The number of methoxy groups -OCH3 is 1. The molecule has 2 heterocycles. The zero-order valence-corrected chi connectivity index (χ0v) is 12.8. The molecule has 2 aromatic rings. The number of pyridine rings is 1. The average molecular weight is 296 g/mol. The van der Waals surface area contributed by atoms with Crippen LogP contribution in [-0.2, 0) is 0 Å². The lowest BCUT2D eigenvalue weighted by Gasteiger charge is -2.30. The van der Waals surface area contributed by atoms with Crippen LogP contribution in [0, 0.1) is 5.92 Å².